The first-order chi connectivity index (χ1) is 38.5. The van der Waals surface area contributed by atoms with Gasteiger partial charge in [-0.25, -0.2) is 0 Å². The lowest BCUT2D eigenvalue weighted by atomic mass is 10.1. The summed E-state index contributed by atoms with van der Waals surface area (Å²) in [6.07, 6.45) is 86.2. The molecule has 1 atom stereocenters. The topological polar surface area (TPSA) is 78.9 Å². The molecule has 0 spiro atoms. The number of allylic oxidation sites excluding steroid dienone is 12. The summed E-state index contributed by atoms with van der Waals surface area (Å²) in [5, 5.41) is 0. The monoisotopic (exact) mass is 1090 g/mol. The SMILES string of the molecule is CCCCCCC/C=C\C/C=C\C/C=C\CCCCCCCCCCC(=O)OCC(COC(=O)CCCCCCC/C=C\CCCCCCCCC)OC(=O)CCCCCCCCCCC/C=C\C/C=C\CCCCCCC. The molecular formula is C72H128O6. The number of hydrogen-bond acceptors (Lipinski definition) is 6. The van der Waals surface area contributed by atoms with Crippen molar-refractivity contribution in [3.05, 3.63) is 72.9 Å². The Hall–Kier alpha value is -3.15. The maximum absolute atomic E-state index is 12.9. The smallest absolute Gasteiger partial charge is 0.306 e. The number of hydrogen-bond donors (Lipinski definition) is 0. The summed E-state index contributed by atoms with van der Waals surface area (Å²) in [6.45, 7) is 6.64. The van der Waals surface area contributed by atoms with Gasteiger partial charge < -0.3 is 14.2 Å². The standard InChI is InChI=1S/C72H128O6/c1-4-7-10-13-16-19-22-25-28-31-33-35-36-38-39-41-44-47-50-53-56-59-62-65-71(74)77-68-69(67-76-70(73)64-61-58-55-52-49-46-43-30-27-24-21-18-15-12-9-6-3)78-72(75)66-63-60-57-54-51-48-45-42-40-37-34-32-29-26-23-20-17-14-11-8-5-2/h22-23,25-26,30-34,36,38,43,69H,4-21,24,27-29,35,37,39-42,44-68H2,1-3H3/b25-22-,26-23-,33-31-,34-32-,38-36-,43-30-. The van der Waals surface area contributed by atoms with E-state index in [0.29, 0.717) is 19.3 Å². The number of ether oxygens (including phenoxy) is 3. The lowest BCUT2D eigenvalue weighted by Crippen LogP contribution is -2.30. The van der Waals surface area contributed by atoms with Crippen LogP contribution in [0.5, 0.6) is 0 Å². The third-order valence-corrected chi connectivity index (χ3v) is 14.9. The molecule has 0 saturated carbocycles. The number of esters is 3. The van der Waals surface area contributed by atoms with Crippen LogP contribution in [0.3, 0.4) is 0 Å². The van der Waals surface area contributed by atoms with Crippen molar-refractivity contribution >= 4 is 17.9 Å². The van der Waals surface area contributed by atoms with E-state index in [1.165, 1.54) is 218 Å². The largest absolute Gasteiger partial charge is 0.462 e. The lowest BCUT2D eigenvalue weighted by molar-refractivity contribution is -0.167. The molecule has 0 bridgehead atoms. The first-order valence-electron chi connectivity index (χ1n) is 33.9. The van der Waals surface area contributed by atoms with Gasteiger partial charge in [-0.05, 0) is 116 Å². The molecule has 0 aliphatic carbocycles. The zero-order chi connectivity index (χ0) is 56.4. The summed E-state index contributed by atoms with van der Waals surface area (Å²) < 4.78 is 17.0. The average molecular weight is 1090 g/mol. The summed E-state index contributed by atoms with van der Waals surface area (Å²) >= 11 is 0. The van der Waals surface area contributed by atoms with Crippen LogP contribution in [-0.4, -0.2) is 37.2 Å². The van der Waals surface area contributed by atoms with Crippen LogP contribution >= 0.6 is 0 Å². The molecule has 0 fully saturated rings. The Labute approximate surface area is 484 Å². The summed E-state index contributed by atoms with van der Waals surface area (Å²) in [4.78, 5) is 38.4. The zero-order valence-corrected chi connectivity index (χ0v) is 51.9. The van der Waals surface area contributed by atoms with Gasteiger partial charge in [0.2, 0.25) is 0 Å². The van der Waals surface area contributed by atoms with Crippen molar-refractivity contribution in [2.24, 2.45) is 0 Å². The van der Waals surface area contributed by atoms with Gasteiger partial charge in [0.05, 0.1) is 0 Å². The second-order valence-corrected chi connectivity index (χ2v) is 22.7. The summed E-state index contributed by atoms with van der Waals surface area (Å²) in [6, 6.07) is 0. The van der Waals surface area contributed by atoms with Gasteiger partial charge in [-0.15, -0.1) is 0 Å². The van der Waals surface area contributed by atoms with E-state index in [4.69, 9.17) is 14.2 Å². The van der Waals surface area contributed by atoms with Crippen LogP contribution < -0.4 is 0 Å². The molecular weight excluding hydrogens is 961 g/mol. The third-order valence-electron chi connectivity index (χ3n) is 14.9. The molecule has 0 aromatic heterocycles. The minimum Gasteiger partial charge on any atom is -0.462 e. The second-order valence-electron chi connectivity index (χ2n) is 22.7. The van der Waals surface area contributed by atoms with E-state index in [2.05, 4.69) is 93.7 Å². The van der Waals surface area contributed by atoms with Crippen molar-refractivity contribution in [1.82, 2.24) is 0 Å². The zero-order valence-electron chi connectivity index (χ0n) is 51.9. The molecule has 0 rings (SSSR count). The Morgan fingerprint density at radius 3 is 0.731 bits per heavy atom. The molecule has 452 valence electrons. The van der Waals surface area contributed by atoms with Crippen LogP contribution in [0.4, 0.5) is 0 Å². The van der Waals surface area contributed by atoms with Gasteiger partial charge in [0.1, 0.15) is 13.2 Å². The van der Waals surface area contributed by atoms with E-state index in [0.717, 1.165) is 89.9 Å². The van der Waals surface area contributed by atoms with E-state index in [1.54, 1.807) is 0 Å². The molecule has 78 heavy (non-hydrogen) atoms. The molecule has 6 nitrogen and oxygen atoms in total. The van der Waals surface area contributed by atoms with Crippen molar-refractivity contribution < 1.29 is 28.6 Å². The second kappa shape index (κ2) is 66.4. The molecule has 0 aromatic rings. The Bertz CT molecular complexity index is 1440. The first-order valence-corrected chi connectivity index (χ1v) is 33.9. The number of rotatable bonds is 62. The third kappa shape index (κ3) is 63.7. The molecule has 0 aliphatic heterocycles. The number of carbonyl (C=O) groups is 3. The number of carbonyl (C=O) groups excluding carboxylic acids is 3. The highest BCUT2D eigenvalue weighted by Crippen LogP contribution is 2.16. The van der Waals surface area contributed by atoms with Crippen molar-refractivity contribution in [3.8, 4) is 0 Å². The van der Waals surface area contributed by atoms with Crippen LogP contribution in [0, 0.1) is 0 Å². The fourth-order valence-corrected chi connectivity index (χ4v) is 9.77. The lowest BCUT2D eigenvalue weighted by Gasteiger charge is -2.18. The highest BCUT2D eigenvalue weighted by atomic mass is 16.6. The quantitative estimate of drug-likeness (QED) is 0.0261. The van der Waals surface area contributed by atoms with Crippen LogP contribution in [0.1, 0.15) is 348 Å². The van der Waals surface area contributed by atoms with Crippen LogP contribution in [0.15, 0.2) is 72.9 Å². The van der Waals surface area contributed by atoms with E-state index >= 15 is 0 Å². The van der Waals surface area contributed by atoms with E-state index in [1.807, 2.05) is 0 Å². The molecule has 0 aromatic carbocycles. The average Bonchev–Trinajstić information content (AvgIpc) is 3.44. The minimum atomic E-state index is -0.786. The normalized spacial score (nSPS) is 12.5. The first kappa shape index (κ1) is 74.8. The number of unbranched alkanes of at least 4 members (excludes halogenated alkanes) is 39. The fourth-order valence-electron chi connectivity index (χ4n) is 9.77. The maximum Gasteiger partial charge on any atom is 0.306 e. The van der Waals surface area contributed by atoms with Gasteiger partial charge in [0.15, 0.2) is 6.10 Å². The Kier molecular flexibility index (Phi) is 63.7. The summed E-state index contributed by atoms with van der Waals surface area (Å²) in [5.74, 6) is -0.884. The van der Waals surface area contributed by atoms with Crippen LogP contribution in [-0.2, 0) is 28.6 Å². The highest BCUT2D eigenvalue weighted by molar-refractivity contribution is 5.71. The van der Waals surface area contributed by atoms with Gasteiger partial charge in [-0.2, -0.15) is 0 Å². The molecule has 0 N–H and O–H groups in total. The van der Waals surface area contributed by atoms with Crippen molar-refractivity contribution in [2.45, 2.75) is 354 Å². The Morgan fingerprint density at radius 1 is 0.256 bits per heavy atom. The molecule has 1 unspecified atom stereocenters. The van der Waals surface area contributed by atoms with Crippen molar-refractivity contribution in [2.75, 3.05) is 13.2 Å². The van der Waals surface area contributed by atoms with E-state index in [9.17, 15) is 14.4 Å². The van der Waals surface area contributed by atoms with Crippen molar-refractivity contribution in [1.29, 1.82) is 0 Å². The van der Waals surface area contributed by atoms with E-state index in [-0.39, 0.29) is 31.1 Å². The van der Waals surface area contributed by atoms with Gasteiger partial charge in [-0.1, -0.05) is 286 Å². The molecule has 0 heterocycles. The Morgan fingerprint density at radius 2 is 0.462 bits per heavy atom. The molecule has 0 aliphatic rings. The highest BCUT2D eigenvalue weighted by Gasteiger charge is 2.19. The van der Waals surface area contributed by atoms with Crippen LogP contribution in [0.25, 0.3) is 0 Å². The molecule has 0 saturated heterocycles. The minimum absolute atomic E-state index is 0.0822. The maximum atomic E-state index is 12.9. The van der Waals surface area contributed by atoms with Gasteiger partial charge in [0.25, 0.3) is 0 Å². The van der Waals surface area contributed by atoms with Gasteiger partial charge in [0, 0.05) is 19.3 Å². The predicted octanol–water partition coefficient (Wildman–Crippen LogP) is 23.3. The summed E-state index contributed by atoms with van der Waals surface area (Å²) in [7, 11) is 0. The van der Waals surface area contributed by atoms with Crippen LogP contribution in [0.2, 0.25) is 0 Å². The Balaban J connectivity index is 4.38. The van der Waals surface area contributed by atoms with E-state index < -0.39 is 6.10 Å². The fraction of sp³-hybridized carbons (Fsp3) is 0.792. The molecule has 6 heteroatoms. The summed E-state index contributed by atoms with van der Waals surface area (Å²) in [5.41, 5.74) is 0. The molecule has 0 amide bonds. The van der Waals surface area contributed by atoms with Crippen molar-refractivity contribution in [3.63, 3.8) is 0 Å². The predicted molar refractivity (Wildman–Crippen MR) is 339 cm³/mol. The van der Waals surface area contributed by atoms with Gasteiger partial charge in [-0.3, -0.25) is 14.4 Å². The molecule has 0 radical (unpaired) electrons. The van der Waals surface area contributed by atoms with Gasteiger partial charge >= 0.3 is 17.9 Å².